The Balaban J connectivity index is 0.00000243. The van der Waals surface area contributed by atoms with Crippen LogP contribution >= 0.6 is 12.4 Å². The Morgan fingerprint density at radius 2 is 2.04 bits per heavy atom. The number of carbonyl (C=O) groups excluding carboxylic acids is 1. The maximum atomic E-state index is 12.3. The van der Waals surface area contributed by atoms with Crippen LogP contribution in [0.2, 0.25) is 0 Å². The molecule has 0 unspecified atom stereocenters. The van der Waals surface area contributed by atoms with E-state index in [9.17, 15) is 9.59 Å². The highest BCUT2D eigenvalue weighted by molar-refractivity contribution is 5.97. The zero-order chi connectivity index (χ0) is 17.6. The third-order valence-corrected chi connectivity index (χ3v) is 4.57. The number of amides is 1. The molecule has 2 aromatic rings. The van der Waals surface area contributed by atoms with Crippen LogP contribution in [0, 0.1) is 0 Å². The average Bonchev–Trinajstić information content (AvgIpc) is 3.13. The van der Waals surface area contributed by atoms with Crippen molar-refractivity contribution >= 4 is 29.3 Å². The number of fused-ring (bicyclic) bond motifs is 1. The molecule has 1 fully saturated rings. The molecule has 0 spiro atoms. The van der Waals surface area contributed by atoms with Gasteiger partial charge in [0, 0.05) is 11.9 Å². The first-order chi connectivity index (χ1) is 12.2. The summed E-state index contributed by atoms with van der Waals surface area (Å²) in [5.74, 6) is 0.0862. The first-order valence-corrected chi connectivity index (χ1v) is 8.80. The second kappa shape index (κ2) is 9.59. The SMILES string of the molecule is COc1cccc2cc(C(=O)NCCCCN3CCCC3)c(=O)oc12.Cl. The van der Waals surface area contributed by atoms with Crippen LogP contribution in [0.15, 0.2) is 33.5 Å². The van der Waals surface area contributed by atoms with Crippen molar-refractivity contribution in [3.05, 3.63) is 40.2 Å². The lowest BCUT2D eigenvalue weighted by Crippen LogP contribution is -2.29. The van der Waals surface area contributed by atoms with Gasteiger partial charge in [0.05, 0.1) is 7.11 Å². The fourth-order valence-corrected chi connectivity index (χ4v) is 3.20. The monoisotopic (exact) mass is 380 g/mol. The molecule has 0 saturated carbocycles. The topological polar surface area (TPSA) is 71.8 Å². The minimum absolute atomic E-state index is 0. The number of nitrogens with one attached hydrogen (secondary N) is 1. The summed E-state index contributed by atoms with van der Waals surface area (Å²) in [4.78, 5) is 26.8. The van der Waals surface area contributed by atoms with E-state index < -0.39 is 5.63 Å². The maximum Gasteiger partial charge on any atom is 0.349 e. The molecule has 3 rings (SSSR count). The lowest BCUT2D eigenvalue weighted by molar-refractivity contribution is 0.0949. The van der Waals surface area contributed by atoms with Crippen molar-refractivity contribution in [2.75, 3.05) is 33.3 Å². The summed E-state index contributed by atoms with van der Waals surface area (Å²) in [7, 11) is 1.51. The van der Waals surface area contributed by atoms with Crippen molar-refractivity contribution in [3.63, 3.8) is 0 Å². The highest BCUT2D eigenvalue weighted by Gasteiger charge is 2.15. The van der Waals surface area contributed by atoms with E-state index in [-0.39, 0.29) is 23.9 Å². The van der Waals surface area contributed by atoms with Crippen molar-refractivity contribution in [1.29, 1.82) is 0 Å². The van der Waals surface area contributed by atoms with E-state index in [1.54, 1.807) is 24.3 Å². The predicted octanol–water partition coefficient (Wildman–Crippen LogP) is 2.83. The molecule has 0 aliphatic carbocycles. The smallest absolute Gasteiger partial charge is 0.349 e. The molecule has 1 aliphatic heterocycles. The molecule has 26 heavy (non-hydrogen) atoms. The molecule has 1 N–H and O–H groups in total. The molecule has 1 aromatic carbocycles. The molecule has 1 saturated heterocycles. The van der Waals surface area contributed by atoms with E-state index in [0.717, 1.165) is 19.4 Å². The Hall–Kier alpha value is -2.05. The molecule has 1 aromatic heterocycles. The fourth-order valence-electron chi connectivity index (χ4n) is 3.20. The quantitative estimate of drug-likeness (QED) is 0.590. The fraction of sp³-hybridized carbons (Fsp3) is 0.474. The molecular formula is C19H25ClN2O4. The standard InChI is InChI=1S/C19H24N2O4.ClH/c1-24-16-8-6-7-14-13-15(19(23)25-17(14)16)18(22)20-9-2-3-10-21-11-4-5-12-21;/h6-8,13H,2-5,9-12H2,1H3,(H,20,22);1H. The Bertz CT molecular complexity index is 800. The first-order valence-electron chi connectivity index (χ1n) is 8.80. The molecule has 1 aliphatic rings. The molecule has 6 nitrogen and oxygen atoms in total. The minimum atomic E-state index is -0.647. The number of carbonyl (C=O) groups is 1. The molecule has 1 amide bonds. The number of halogens is 1. The predicted molar refractivity (Wildman–Crippen MR) is 104 cm³/mol. The van der Waals surface area contributed by atoms with Crippen LogP contribution in [0.25, 0.3) is 11.0 Å². The number of benzene rings is 1. The van der Waals surface area contributed by atoms with Crippen molar-refractivity contribution < 1.29 is 13.9 Å². The highest BCUT2D eigenvalue weighted by atomic mass is 35.5. The maximum absolute atomic E-state index is 12.3. The normalized spacial score (nSPS) is 14.2. The van der Waals surface area contributed by atoms with E-state index in [2.05, 4.69) is 10.2 Å². The van der Waals surface area contributed by atoms with Crippen molar-refractivity contribution in [2.45, 2.75) is 25.7 Å². The zero-order valence-electron chi connectivity index (χ0n) is 15.0. The number of unbranched alkanes of at least 4 members (excludes halogenated alkanes) is 1. The van der Waals surface area contributed by atoms with Gasteiger partial charge in [-0.05, 0) is 57.5 Å². The van der Waals surface area contributed by atoms with E-state index in [1.807, 2.05) is 0 Å². The van der Waals surface area contributed by atoms with Gasteiger partial charge >= 0.3 is 5.63 Å². The average molecular weight is 381 g/mol. The second-order valence-electron chi connectivity index (χ2n) is 6.34. The number of ether oxygens (including phenoxy) is 1. The summed E-state index contributed by atoms with van der Waals surface area (Å²) in [5, 5.41) is 3.47. The molecule has 7 heteroatoms. The van der Waals surface area contributed by atoms with Gasteiger partial charge in [-0.15, -0.1) is 12.4 Å². The summed E-state index contributed by atoms with van der Waals surface area (Å²) < 4.78 is 10.5. The van der Waals surface area contributed by atoms with Crippen LogP contribution in [0.4, 0.5) is 0 Å². The number of rotatable bonds is 7. The lowest BCUT2D eigenvalue weighted by atomic mass is 10.1. The number of nitrogens with zero attached hydrogens (tertiary/aromatic N) is 1. The van der Waals surface area contributed by atoms with Crippen molar-refractivity contribution in [2.24, 2.45) is 0 Å². The number of likely N-dealkylation sites (tertiary alicyclic amines) is 1. The summed E-state index contributed by atoms with van der Waals surface area (Å²) in [6.45, 7) is 4.01. The van der Waals surface area contributed by atoms with Gasteiger partial charge in [0.25, 0.3) is 5.91 Å². The van der Waals surface area contributed by atoms with Gasteiger partial charge in [-0.1, -0.05) is 12.1 Å². The molecular weight excluding hydrogens is 356 g/mol. The summed E-state index contributed by atoms with van der Waals surface area (Å²) >= 11 is 0. The van der Waals surface area contributed by atoms with E-state index in [0.29, 0.717) is 23.3 Å². The number of hydrogen-bond acceptors (Lipinski definition) is 5. The van der Waals surface area contributed by atoms with Crippen molar-refractivity contribution in [3.8, 4) is 5.75 Å². The lowest BCUT2D eigenvalue weighted by Gasteiger charge is -2.14. The number of hydrogen-bond donors (Lipinski definition) is 1. The van der Waals surface area contributed by atoms with Crippen LogP contribution < -0.4 is 15.7 Å². The van der Waals surface area contributed by atoms with Gasteiger partial charge in [-0.2, -0.15) is 0 Å². The van der Waals surface area contributed by atoms with Crippen LogP contribution in [0.1, 0.15) is 36.0 Å². The summed E-state index contributed by atoms with van der Waals surface area (Å²) in [6.07, 6.45) is 4.53. The summed E-state index contributed by atoms with van der Waals surface area (Å²) in [6, 6.07) is 6.85. The third kappa shape index (κ3) is 4.77. The van der Waals surface area contributed by atoms with Crippen molar-refractivity contribution in [1.82, 2.24) is 10.2 Å². The number of methoxy groups -OCH3 is 1. The van der Waals surface area contributed by atoms with Crippen LogP contribution in [-0.4, -0.2) is 44.1 Å². The van der Waals surface area contributed by atoms with Crippen LogP contribution in [0.3, 0.4) is 0 Å². The molecule has 0 radical (unpaired) electrons. The molecule has 142 valence electrons. The third-order valence-electron chi connectivity index (χ3n) is 4.57. The second-order valence-corrected chi connectivity index (χ2v) is 6.34. The van der Waals surface area contributed by atoms with Gasteiger partial charge in [0.1, 0.15) is 5.56 Å². The first kappa shape index (κ1) is 20.3. The molecule has 0 atom stereocenters. The van der Waals surface area contributed by atoms with Crippen LogP contribution in [0.5, 0.6) is 5.75 Å². The molecule has 2 heterocycles. The van der Waals surface area contributed by atoms with Crippen LogP contribution in [-0.2, 0) is 0 Å². The Kier molecular flexibility index (Phi) is 7.48. The largest absolute Gasteiger partial charge is 0.493 e. The van der Waals surface area contributed by atoms with E-state index in [1.165, 1.54) is 33.0 Å². The zero-order valence-corrected chi connectivity index (χ0v) is 15.8. The minimum Gasteiger partial charge on any atom is -0.493 e. The highest BCUT2D eigenvalue weighted by Crippen LogP contribution is 2.24. The Morgan fingerprint density at radius 3 is 2.77 bits per heavy atom. The van der Waals surface area contributed by atoms with Gasteiger partial charge in [0.2, 0.25) is 0 Å². The van der Waals surface area contributed by atoms with Gasteiger partial charge in [0.15, 0.2) is 11.3 Å². The Morgan fingerprint density at radius 1 is 1.27 bits per heavy atom. The Labute approximate surface area is 158 Å². The van der Waals surface area contributed by atoms with Gasteiger partial charge in [-0.3, -0.25) is 4.79 Å². The van der Waals surface area contributed by atoms with E-state index in [4.69, 9.17) is 9.15 Å². The molecule has 0 bridgehead atoms. The van der Waals surface area contributed by atoms with Gasteiger partial charge < -0.3 is 19.4 Å². The van der Waals surface area contributed by atoms with E-state index >= 15 is 0 Å². The van der Waals surface area contributed by atoms with Gasteiger partial charge in [-0.25, -0.2) is 4.79 Å². The summed E-state index contributed by atoms with van der Waals surface area (Å²) in [5.41, 5.74) is -0.260. The number of para-hydroxylation sites is 1.